The second-order valence-corrected chi connectivity index (χ2v) is 10.6. The number of hydrogen-bond acceptors (Lipinski definition) is 8. The number of alkyl carbamates (subject to hydrolysis) is 1. The highest BCUT2D eigenvalue weighted by Gasteiger charge is 2.24. The lowest BCUT2D eigenvalue weighted by molar-refractivity contribution is -0.131. The molecule has 12 nitrogen and oxygen atoms in total. The predicted octanol–water partition coefficient (Wildman–Crippen LogP) is 0.764. The highest BCUT2D eigenvalue weighted by atomic mass is 32.2. The maximum atomic E-state index is 12.7. The number of amides is 4. The molecule has 0 aliphatic rings. The fourth-order valence-corrected chi connectivity index (χ4v) is 3.60. The number of carbonyl (C=O) groups excluding carboxylic acids is 5. The lowest BCUT2D eigenvalue weighted by Gasteiger charge is -2.22. The van der Waals surface area contributed by atoms with Gasteiger partial charge in [-0.1, -0.05) is 44.2 Å². The molecule has 37 heavy (non-hydrogen) atoms. The van der Waals surface area contributed by atoms with Crippen LogP contribution in [0.2, 0.25) is 0 Å². The van der Waals surface area contributed by atoms with E-state index >= 15 is 0 Å². The normalized spacial score (nSPS) is 12.6. The molecule has 0 aliphatic carbocycles. The van der Waals surface area contributed by atoms with Crippen molar-refractivity contribution in [3.63, 3.8) is 0 Å². The predicted molar refractivity (Wildman–Crippen MR) is 135 cm³/mol. The minimum Gasteiger partial charge on any atom is -0.445 e. The third-order valence-corrected chi connectivity index (χ3v) is 5.70. The zero-order chi connectivity index (χ0) is 27.8. The average Bonchev–Trinajstić information content (AvgIpc) is 2.83. The molecule has 1 aromatic carbocycles. The van der Waals surface area contributed by atoms with Crippen LogP contribution in [0.15, 0.2) is 30.3 Å². The van der Waals surface area contributed by atoms with Crippen LogP contribution in [0.25, 0.3) is 0 Å². The monoisotopic (exact) mass is 540 g/mol. The van der Waals surface area contributed by atoms with Gasteiger partial charge >= 0.3 is 6.09 Å². The van der Waals surface area contributed by atoms with Gasteiger partial charge in [-0.15, -0.1) is 0 Å². The van der Waals surface area contributed by atoms with Crippen LogP contribution in [0.5, 0.6) is 0 Å². The van der Waals surface area contributed by atoms with Crippen molar-refractivity contribution in [3.8, 4) is 0 Å². The minimum atomic E-state index is -3.74. The average molecular weight is 541 g/mol. The number of nitrogens with one attached hydrogen (secondary N) is 4. The Bertz CT molecular complexity index is 1010. The van der Waals surface area contributed by atoms with Crippen LogP contribution in [0.4, 0.5) is 4.79 Å². The number of sulfonamides is 1. The molecule has 1 rings (SSSR count). The van der Waals surface area contributed by atoms with Gasteiger partial charge in [0, 0.05) is 19.4 Å². The summed E-state index contributed by atoms with van der Waals surface area (Å²) in [7, 11) is -3.74. The van der Waals surface area contributed by atoms with Crippen molar-refractivity contribution < 1.29 is 37.1 Å². The van der Waals surface area contributed by atoms with Crippen LogP contribution in [0.3, 0.4) is 0 Å². The number of unbranched alkanes of at least 4 members (excludes halogenated alkanes) is 1. The molecule has 1 aromatic rings. The Morgan fingerprint density at radius 1 is 0.973 bits per heavy atom. The fraction of sp³-hybridized carbons (Fsp3) is 0.542. The fourth-order valence-electron chi connectivity index (χ4n) is 3.08. The summed E-state index contributed by atoms with van der Waals surface area (Å²) in [6, 6.07) is 7.47. The summed E-state index contributed by atoms with van der Waals surface area (Å²) in [4.78, 5) is 59.8. The van der Waals surface area contributed by atoms with E-state index in [1.807, 2.05) is 30.3 Å². The zero-order valence-electron chi connectivity index (χ0n) is 21.3. The van der Waals surface area contributed by atoms with Gasteiger partial charge in [-0.25, -0.2) is 13.2 Å². The highest BCUT2D eigenvalue weighted by molar-refractivity contribution is 7.89. The van der Waals surface area contributed by atoms with E-state index < -0.39 is 45.9 Å². The van der Waals surface area contributed by atoms with Crippen molar-refractivity contribution in [2.75, 3.05) is 12.8 Å². The maximum absolute atomic E-state index is 12.7. The quantitative estimate of drug-likeness (QED) is 0.175. The van der Waals surface area contributed by atoms with Gasteiger partial charge in [0.15, 0.2) is 0 Å². The second kappa shape index (κ2) is 16.3. The Morgan fingerprint density at radius 3 is 2.22 bits per heavy atom. The van der Waals surface area contributed by atoms with E-state index in [4.69, 9.17) is 4.74 Å². The van der Waals surface area contributed by atoms with E-state index in [1.165, 1.54) is 0 Å². The molecule has 0 spiro atoms. The van der Waals surface area contributed by atoms with E-state index in [1.54, 1.807) is 18.6 Å². The Kier molecular flexibility index (Phi) is 13.9. The lowest BCUT2D eigenvalue weighted by Crippen LogP contribution is -2.51. The van der Waals surface area contributed by atoms with Gasteiger partial charge in [0.2, 0.25) is 27.7 Å². The molecule has 0 radical (unpaired) electrons. The second-order valence-electron chi connectivity index (χ2n) is 8.82. The van der Waals surface area contributed by atoms with Crippen molar-refractivity contribution in [2.24, 2.45) is 5.92 Å². The van der Waals surface area contributed by atoms with Crippen LogP contribution >= 0.6 is 0 Å². The van der Waals surface area contributed by atoms with Gasteiger partial charge in [-0.2, -0.15) is 0 Å². The van der Waals surface area contributed by atoms with Crippen molar-refractivity contribution in [2.45, 2.75) is 64.6 Å². The van der Waals surface area contributed by atoms with Crippen LogP contribution in [0.1, 0.15) is 51.5 Å². The molecule has 0 unspecified atom stereocenters. The number of rotatable bonds is 16. The number of carbonyl (C=O) groups is 5. The first-order chi connectivity index (χ1) is 17.4. The molecular formula is C24H36N4O8S. The molecule has 0 aliphatic heterocycles. The highest BCUT2D eigenvalue weighted by Crippen LogP contribution is 2.06. The molecule has 0 fully saturated rings. The summed E-state index contributed by atoms with van der Waals surface area (Å²) in [5, 5.41) is 7.74. The molecule has 0 heterocycles. The number of hydrogen-bond donors (Lipinski definition) is 4. The summed E-state index contributed by atoms with van der Waals surface area (Å²) in [6.07, 6.45) is 1.27. The Labute approximate surface area is 217 Å². The van der Waals surface area contributed by atoms with Crippen LogP contribution < -0.4 is 20.7 Å². The molecule has 0 aromatic heterocycles. The van der Waals surface area contributed by atoms with Crippen molar-refractivity contribution in [3.05, 3.63) is 35.9 Å². The summed E-state index contributed by atoms with van der Waals surface area (Å²) >= 11 is 0. The first-order valence-corrected chi connectivity index (χ1v) is 13.8. The SMILES string of the molecule is CC(C)[C@@H](C=O)NC(=O)[C@H](CCCCNC(=O)OCc1ccccc1)NC(=O)CCC(=O)NS(C)(=O)=O. The van der Waals surface area contributed by atoms with Crippen molar-refractivity contribution in [1.82, 2.24) is 20.7 Å². The molecular weight excluding hydrogens is 504 g/mol. The van der Waals surface area contributed by atoms with Gasteiger partial charge in [0.25, 0.3) is 0 Å². The number of aldehydes is 1. The summed E-state index contributed by atoms with van der Waals surface area (Å²) in [5.74, 6) is -2.19. The smallest absolute Gasteiger partial charge is 0.407 e. The van der Waals surface area contributed by atoms with Crippen molar-refractivity contribution in [1.29, 1.82) is 0 Å². The molecule has 0 saturated heterocycles. The van der Waals surface area contributed by atoms with E-state index in [2.05, 4.69) is 16.0 Å². The van der Waals surface area contributed by atoms with Gasteiger partial charge in [-0.3, -0.25) is 19.1 Å². The molecule has 2 atom stereocenters. The third kappa shape index (κ3) is 14.6. The first-order valence-electron chi connectivity index (χ1n) is 11.9. The van der Waals surface area contributed by atoms with E-state index in [-0.39, 0.29) is 38.3 Å². The maximum Gasteiger partial charge on any atom is 0.407 e. The van der Waals surface area contributed by atoms with Crippen LogP contribution in [0, 0.1) is 5.92 Å². The summed E-state index contributed by atoms with van der Waals surface area (Å²) in [5.41, 5.74) is 0.853. The standard InChI is InChI=1S/C24H36N4O8S/c1-17(2)20(15-29)27-23(32)19(26-21(30)12-13-22(31)28-37(3,34)35)11-7-8-14-25-24(33)36-16-18-9-5-4-6-10-18/h4-6,9-10,15,17,19-20H,7-8,11-14,16H2,1-3H3,(H,25,33)(H,26,30)(H,27,32)(H,28,31)/t19-,20+/m0/s1. The summed E-state index contributed by atoms with van der Waals surface area (Å²) in [6.45, 7) is 3.94. The largest absolute Gasteiger partial charge is 0.445 e. The van der Waals surface area contributed by atoms with Gasteiger partial charge in [-0.05, 0) is 30.7 Å². The molecule has 4 amide bonds. The molecule has 0 saturated carbocycles. The van der Waals surface area contributed by atoms with Gasteiger partial charge < -0.3 is 25.5 Å². The van der Waals surface area contributed by atoms with E-state index in [9.17, 15) is 32.4 Å². The zero-order valence-corrected chi connectivity index (χ0v) is 22.1. The molecule has 13 heteroatoms. The number of ether oxygens (including phenoxy) is 1. The summed E-state index contributed by atoms with van der Waals surface area (Å²) < 4.78 is 29.1. The van der Waals surface area contributed by atoms with Crippen LogP contribution in [-0.4, -0.2) is 63.4 Å². The minimum absolute atomic E-state index is 0.136. The lowest BCUT2D eigenvalue weighted by atomic mass is 10.0. The molecule has 206 valence electrons. The number of benzene rings is 1. The van der Waals surface area contributed by atoms with E-state index in [0.29, 0.717) is 19.1 Å². The third-order valence-electron chi connectivity index (χ3n) is 5.11. The van der Waals surface area contributed by atoms with E-state index in [0.717, 1.165) is 11.8 Å². The topological polar surface area (TPSA) is 177 Å². The molecule has 4 N–H and O–H groups in total. The van der Waals surface area contributed by atoms with Crippen LogP contribution in [-0.2, 0) is 40.5 Å². The van der Waals surface area contributed by atoms with Gasteiger partial charge in [0.05, 0.1) is 12.3 Å². The first kappa shape index (κ1) is 31.5. The molecule has 0 bridgehead atoms. The van der Waals surface area contributed by atoms with Crippen molar-refractivity contribution >= 4 is 40.1 Å². The Hall–Kier alpha value is -3.48. The Balaban J connectivity index is 2.55. The van der Waals surface area contributed by atoms with Gasteiger partial charge in [0.1, 0.15) is 18.9 Å². The Morgan fingerprint density at radius 2 is 1.62 bits per heavy atom.